The van der Waals surface area contributed by atoms with E-state index in [2.05, 4.69) is 5.32 Å². The number of halogens is 4. The minimum Gasteiger partial charge on any atom is -0.363 e. The first-order valence-electron chi connectivity index (χ1n) is 7.13. The van der Waals surface area contributed by atoms with Gasteiger partial charge in [0, 0.05) is 23.8 Å². The maximum absolute atomic E-state index is 14.1. The number of benzene rings is 1. The van der Waals surface area contributed by atoms with Gasteiger partial charge >= 0.3 is 6.18 Å². The van der Waals surface area contributed by atoms with E-state index in [9.17, 15) is 17.6 Å². The molecule has 0 saturated heterocycles. The van der Waals surface area contributed by atoms with Crippen LogP contribution < -0.4 is 10.2 Å². The molecular formula is C15H22F4N2. The molecule has 1 aromatic carbocycles. The standard InChI is InChI=1S/C15H22F4N2/c1-4-9-20-11(3)14-12(16)7-6-8-13(14)21(5-2)10-15(17,18)19/h6-8,11,20H,4-5,9-10H2,1-3H3. The topological polar surface area (TPSA) is 15.3 Å². The van der Waals surface area contributed by atoms with E-state index in [1.807, 2.05) is 6.92 Å². The predicted molar refractivity (Wildman–Crippen MR) is 77.1 cm³/mol. The summed E-state index contributed by atoms with van der Waals surface area (Å²) in [6, 6.07) is 3.92. The van der Waals surface area contributed by atoms with Crippen molar-refractivity contribution in [3.63, 3.8) is 0 Å². The summed E-state index contributed by atoms with van der Waals surface area (Å²) in [4.78, 5) is 1.16. The highest BCUT2D eigenvalue weighted by molar-refractivity contribution is 5.55. The normalized spacial score (nSPS) is 13.3. The zero-order chi connectivity index (χ0) is 16.0. The van der Waals surface area contributed by atoms with Gasteiger partial charge in [0.05, 0.1) is 0 Å². The molecule has 0 aliphatic carbocycles. The van der Waals surface area contributed by atoms with Crippen molar-refractivity contribution in [2.45, 2.75) is 39.4 Å². The van der Waals surface area contributed by atoms with Crippen LogP contribution in [0, 0.1) is 5.82 Å². The highest BCUT2D eigenvalue weighted by Gasteiger charge is 2.32. The molecule has 0 bridgehead atoms. The summed E-state index contributed by atoms with van der Waals surface area (Å²) in [6.45, 7) is 5.13. The molecule has 1 rings (SSSR count). The molecule has 0 spiro atoms. The molecular weight excluding hydrogens is 284 g/mol. The zero-order valence-corrected chi connectivity index (χ0v) is 12.6. The number of hydrogen-bond acceptors (Lipinski definition) is 2. The van der Waals surface area contributed by atoms with E-state index in [-0.39, 0.29) is 18.2 Å². The largest absolute Gasteiger partial charge is 0.405 e. The molecule has 0 radical (unpaired) electrons. The van der Waals surface area contributed by atoms with Gasteiger partial charge in [-0.05, 0) is 38.9 Å². The summed E-state index contributed by atoms with van der Waals surface area (Å²) in [5.41, 5.74) is 0.586. The fraction of sp³-hybridized carbons (Fsp3) is 0.600. The molecule has 1 aromatic rings. The van der Waals surface area contributed by atoms with Gasteiger partial charge in [-0.1, -0.05) is 13.0 Å². The maximum Gasteiger partial charge on any atom is 0.405 e. The Morgan fingerprint density at radius 3 is 2.43 bits per heavy atom. The summed E-state index contributed by atoms with van der Waals surface area (Å²) in [5.74, 6) is -0.482. The second kappa shape index (κ2) is 7.64. The van der Waals surface area contributed by atoms with Crippen LogP contribution in [-0.4, -0.2) is 25.8 Å². The monoisotopic (exact) mass is 306 g/mol. The molecule has 0 saturated carbocycles. The quantitative estimate of drug-likeness (QED) is 0.757. The zero-order valence-electron chi connectivity index (χ0n) is 12.6. The number of hydrogen-bond donors (Lipinski definition) is 1. The molecule has 0 heterocycles. The van der Waals surface area contributed by atoms with Crippen LogP contribution >= 0.6 is 0 Å². The van der Waals surface area contributed by atoms with Gasteiger partial charge in [0.2, 0.25) is 0 Å². The molecule has 2 nitrogen and oxygen atoms in total. The average Bonchev–Trinajstić information content (AvgIpc) is 2.40. The Kier molecular flexibility index (Phi) is 6.45. The Labute approximate surface area is 123 Å². The van der Waals surface area contributed by atoms with E-state index < -0.39 is 18.5 Å². The van der Waals surface area contributed by atoms with Crippen LogP contribution in [0.5, 0.6) is 0 Å². The Bertz CT molecular complexity index is 446. The van der Waals surface area contributed by atoms with Gasteiger partial charge in [0.25, 0.3) is 0 Å². The highest BCUT2D eigenvalue weighted by atomic mass is 19.4. The first-order valence-corrected chi connectivity index (χ1v) is 7.13. The first kappa shape index (κ1) is 17.8. The summed E-state index contributed by atoms with van der Waals surface area (Å²) >= 11 is 0. The molecule has 21 heavy (non-hydrogen) atoms. The summed E-state index contributed by atoms with van der Waals surface area (Å²) in [5, 5.41) is 3.12. The van der Waals surface area contributed by atoms with Crippen LogP contribution in [0.1, 0.15) is 38.8 Å². The number of nitrogens with one attached hydrogen (secondary N) is 1. The third-order valence-electron chi connectivity index (χ3n) is 3.26. The molecule has 6 heteroatoms. The molecule has 0 fully saturated rings. The molecule has 120 valence electrons. The van der Waals surface area contributed by atoms with Crippen molar-refractivity contribution in [3.05, 3.63) is 29.6 Å². The predicted octanol–water partition coefficient (Wildman–Crippen LogP) is 4.27. The van der Waals surface area contributed by atoms with E-state index in [1.165, 1.54) is 18.2 Å². The van der Waals surface area contributed by atoms with Gasteiger partial charge in [-0.15, -0.1) is 0 Å². The van der Waals surface area contributed by atoms with E-state index in [0.717, 1.165) is 11.3 Å². The Morgan fingerprint density at radius 2 is 1.90 bits per heavy atom. The van der Waals surface area contributed by atoms with E-state index >= 15 is 0 Å². The van der Waals surface area contributed by atoms with Crippen molar-refractivity contribution in [2.24, 2.45) is 0 Å². The van der Waals surface area contributed by atoms with Gasteiger partial charge in [0.15, 0.2) is 0 Å². The van der Waals surface area contributed by atoms with Crippen LogP contribution in [-0.2, 0) is 0 Å². The van der Waals surface area contributed by atoms with Crippen LogP contribution in [0.4, 0.5) is 23.2 Å². The van der Waals surface area contributed by atoms with E-state index in [4.69, 9.17) is 0 Å². The smallest absolute Gasteiger partial charge is 0.363 e. The van der Waals surface area contributed by atoms with Crippen molar-refractivity contribution in [1.29, 1.82) is 0 Å². The number of alkyl halides is 3. The van der Waals surface area contributed by atoms with Gasteiger partial charge in [-0.2, -0.15) is 13.2 Å². The molecule has 1 N–H and O–H groups in total. The van der Waals surface area contributed by atoms with Crippen LogP contribution in [0.15, 0.2) is 18.2 Å². The van der Waals surface area contributed by atoms with E-state index in [1.54, 1.807) is 13.8 Å². The van der Waals surface area contributed by atoms with E-state index in [0.29, 0.717) is 12.2 Å². The van der Waals surface area contributed by atoms with Crippen LogP contribution in [0.2, 0.25) is 0 Å². The van der Waals surface area contributed by atoms with Crippen molar-refractivity contribution in [1.82, 2.24) is 5.32 Å². The number of rotatable bonds is 7. The Balaban J connectivity index is 3.13. The maximum atomic E-state index is 14.1. The highest BCUT2D eigenvalue weighted by Crippen LogP contribution is 2.31. The van der Waals surface area contributed by atoms with Gasteiger partial charge in [-0.25, -0.2) is 4.39 Å². The summed E-state index contributed by atoms with van der Waals surface area (Å²) in [6.07, 6.45) is -3.45. The average molecular weight is 306 g/mol. The minimum atomic E-state index is -4.32. The summed E-state index contributed by atoms with van der Waals surface area (Å²) in [7, 11) is 0. The molecule has 1 atom stereocenters. The first-order chi connectivity index (χ1) is 9.80. The molecule has 0 aromatic heterocycles. The lowest BCUT2D eigenvalue weighted by molar-refractivity contribution is -0.119. The SMILES string of the molecule is CCCNC(C)c1c(F)cccc1N(CC)CC(F)(F)F. The van der Waals surface area contributed by atoms with Crippen molar-refractivity contribution >= 4 is 5.69 Å². The van der Waals surface area contributed by atoms with Crippen LogP contribution in [0.3, 0.4) is 0 Å². The fourth-order valence-corrected chi connectivity index (χ4v) is 2.28. The lowest BCUT2D eigenvalue weighted by Gasteiger charge is -2.29. The van der Waals surface area contributed by atoms with Crippen LogP contribution in [0.25, 0.3) is 0 Å². The third kappa shape index (κ3) is 5.19. The molecule has 0 aliphatic rings. The third-order valence-corrected chi connectivity index (χ3v) is 3.26. The second-order valence-corrected chi connectivity index (χ2v) is 4.98. The fourth-order valence-electron chi connectivity index (χ4n) is 2.28. The summed E-state index contributed by atoms with van der Waals surface area (Å²) < 4.78 is 52.1. The second-order valence-electron chi connectivity index (χ2n) is 4.98. The Hall–Kier alpha value is -1.30. The minimum absolute atomic E-state index is 0.163. The number of nitrogens with zero attached hydrogens (tertiary/aromatic N) is 1. The molecule has 1 unspecified atom stereocenters. The lowest BCUT2D eigenvalue weighted by Crippen LogP contribution is -2.35. The molecule has 0 amide bonds. The van der Waals surface area contributed by atoms with Crippen molar-refractivity contribution in [2.75, 3.05) is 24.5 Å². The lowest BCUT2D eigenvalue weighted by atomic mass is 10.0. The van der Waals surface area contributed by atoms with Gasteiger partial charge in [-0.3, -0.25) is 0 Å². The Morgan fingerprint density at radius 1 is 1.24 bits per heavy atom. The number of anilines is 1. The van der Waals surface area contributed by atoms with Gasteiger partial charge < -0.3 is 10.2 Å². The molecule has 0 aliphatic heterocycles. The van der Waals surface area contributed by atoms with Crippen molar-refractivity contribution in [3.8, 4) is 0 Å². The van der Waals surface area contributed by atoms with Gasteiger partial charge in [0.1, 0.15) is 12.4 Å². The van der Waals surface area contributed by atoms with Crippen molar-refractivity contribution < 1.29 is 17.6 Å².